The molecule has 1 atom stereocenters. The maximum absolute atomic E-state index is 12.9. The van der Waals surface area contributed by atoms with Crippen molar-refractivity contribution in [3.63, 3.8) is 0 Å². The first-order valence-electron chi connectivity index (χ1n) is 6.64. The van der Waals surface area contributed by atoms with Gasteiger partial charge in [0.25, 0.3) is 0 Å². The van der Waals surface area contributed by atoms with Gasteiger partial charge in [-0.2, -0.15) is 0 Å². The third-order valence-corrected chi connectivity index (χ3v) is 3.51. The Kier molecular flexibility index (Phi) is 4.01. The van der Waals surface area contributed by atoms with Gasteiger partial charge in [-0.25, -0.2) is 4.39 Å². The molecule has 2 heteroatoms. The van der Waals surface area contributed by atoms with Crippen LogP contribution in [-0.4, -0.2) is 0 Å². The van der Waals surface area contributed by atoms with E-state index in [4.69, 9.17) is 5.73 Å². The molecule has 2 aromatic carbocycles. The van der Waals surface area contributed by atoms with E-state index in [1.807, 2.05) is 6.92 Å². The summed E-state index contributed by atoms with van der Waals surface area (Å²) in [7, 11) is 0. The maximum Gasteiger partial charge on any atom is 0.123 e. The lowest BCUT2D eigenvalue weighted by atomic mass is 9.86. The second-order valence-electron chi connectivity index (χ2n) is 5.27. The summed E-state index contributed by atoms with van der Waals surface area (Å²) in [6, 6.07) is 14.9. The van der Waals surface area contributed by atoms with Gasteiger partial charge in [0.05, 0.1) is 0 Å². The molecule has 0 bridgehead atoms. The highest BCUT2D eigenvalue weighted by molar-refractivity contribution is 5.30. The molecule has 0 aliphatic heterocycles. The molecule has 2 N–H and O–H groups in total. The van der Waals surface area contributed by atoms with Crippen LogP contribution in [0, 0.1) is 5.82 Å². The number of rotatable bonds is 4. The standard InChI is InChI=1S/C17H20FN/c1-3-13-4-8-15(9-5-13)17(2,19)12-14-6-10-16(18)11-7-14/h4-11H,3,12,19H2,1-2H3. The van der Waals surface area contributed by atoms with Crippen LogP contribution in [0.1, 0.15) is 30.5 Å². The third-order valence-electron chi connectivity index (χ3n) is 3.51. The van der Waals surface area contributed by atoms with Crippen molar-refractivity contribution in [3.05, 3.63) is 71.0 Å². The van der Waals surface area contributed by atoms with Gasteiger partial charge in [-0.15, -0.1) is 0 Å². The van der Waals surface area contributed by atoms with Gasteiger partial charge < -0.3 is 5.73 Å². The van der Waals surface area contributed by atoms with Crippen molar-refractivity contribution in [1.82, 2.24) is 0 Å². The molecule has 0 amide bonds. The van der Waals surface area contributed by atoms with Crippen molar-refractivity contribution in [2.45, 2.75) is 32.2 Å². The van der Waals surface area contributed by atoms with Gasteiger partial charge in [-0.3, -0.25) is 0 Å². The normalized spacial score (nSPS) is 14.1. The van der Waals surface area contributed by atoms with E-state index < -0.39 is 5.54 Å². The number of aryl methyl sites for hydroxylation is 1. The number of benzene rings is 2. The molecule has 1 nitrogen and oxygen atoms in total. The summed E-state index contributed by atoms with van der Waals surface area (Å²) in [6.45, 7) is 4.15. The summed E-state index contributed by atoms with van der Waals surface area (Å²) in [5.74, 6) is -0.213. The fourth-order valence-corrected chi connectivity index (χ4v) is 2.25. The van der Waals surface area contributed by atoms with Crippen molar-refractivity contribution >= 4 is 0 Å². The number of hydrogen-bond donors (Lipinski definition) is 1. The van der Waals surface area contributed by atoms with Crippen LogP contribution in [-0.2, 0) is 18.4 Å². The quantitative estimate of drug-likeness (QED) is 0.885. The number of hydrogen-bond acceptors (Lipinski definition) is 1. The first kappa shape index (κ1) is 13.8. The minimum Gasteiger partial charge on any atom is -0.321 e. The molecule has 0 heterocycles. The van der Waals surface area contributed by atoms with Gasteiger partial charge in [0, 0.05) is 5.54 Å². The second kappa shape index (κ2) is 5.54. The zero-order chi connectivity index (χ0) is 13.9. The maximum atomic E-state index is 12.9. The Morgan fingerprint density at radius 3 is 2.00 bits per heavy atom. The fraction of sp³-hybridized carbons (Fsp3) is 0.294. The van der Waals surface area contributed by atoms with Crippen molar-refractivity contribution in [3.8, 4) is 0 Å². The van der Waals surface area contributed by atoms with Crippen LogP contribution in [0.4, 0.5) is 4.39 Å². The van der Waals surface area contributed by atoms with E-state index in [1.165, 1.54) is 17.7 Å². The van der Waals surface area contributed by atoms with Crippen LogP contribution >= 0.6 is 0 Å². The van der Waals surface area contributed by atoms with Gasteiger partial charge >= 0.3 is 0 Å². The Labute approximate surface area is 114 Å². The summed E-state index contributed by atoms with van der Waals surface area (Å²) < 4.78 is 12.9. The predicted octanol–water partition coefficient (Wildman–Crippen LogP) is 3.80. The molecule has 1 unspecified atom stereocenters. The minimum atomic E-state index is -0.440. The zero-order valence-electron chi connectivity index (χ0n) is 11.5. The van der Waals surface area contributed by atoms with Crippen LogP contribution in [0.15, 0.2) is 48.5 Å². The van der Waals surface area contributed by atoms with E-state index in [1.54, 1.807) is 12.1 Å². The highest BCUT2D eigenvalue weighted by Crippen LogP contribution is 2.23. The highest BCUT2D eigenvalue weighted by Gasteiger charge is 2.21. The Bertz CT molecular complexity index is 526. The molecule has 0 aromatic heterocycles. The lowest BCUT2D eigenvalue weighted by Crippen LogP contribution is -2.35. The van der Waals surface area contributed by atoms with Crippen LogP contribution in [0.5, 0.6) is 0 Å². The average molecular weight is 257 g/mol. The number of nitrogens with two attached hydrogens (primary N) is 1. The molecule has 0 aliphatic carbocycles. The third kappa shape index (κ3) is 3.42. The summed E-state index contributed by atoms with van der Waals surface area (Å²) in [4.78, 5) is 0. The monoisotopic (exact) mass is 257 g/mol. The van der Waals surface area contributed by atoms with Gasteiger partial charge in [0.2, 0.25) is 0 Å². The molecule has 0 saturated carbocycles. The summed E-state index contributed by atoms with van der Waals surface area (Å²) >= 11 is 0. The van der Waals surface area contributed by atoms with E-state index in [0.717, 1.165) is 17.5 Å². The molecule has 19 heavy (non-hydrogen) atoms. The van der Waals surface area contributed by atoms with Gasteiger partial charge in [0.1, 0.15) is 5.82 Å². The van der Waals surface area contributed by atoms with Crippen molar-refractivity contribution in [1.29, 1.82) is 0 Å². The molecule has 2 rings (SSSR count). The Balaban J connectivity index is 2.18. The van der Waals surface area contributed by atoms with Crippen LogP contribution in [0.2, 0.25) is 0 Å². The molecule has 0 fully saturated rings. The van der Waals surface area contributed by atoms with Crippen molar-refractivity contribution < 1.29 is 4.39 Å². The van der Waals surface area contributed by atoms with Gasteiger partial charge in [0.15, 0.2) is 0 Å². The van der Waals surface area contributed by atoms with Crippen molar-refractivity contribution in [2.75, 3.05) is 0 Å². The molecule has 2 aromatic rings. The van der Waals surface area contributed by atoms with E-state index in [2.05, 4.69) is 31.2 Å². The molecule has 0 spiro atoms. The molecular weight excluding hydrogens is 237 g/mol. The SMILES string of the molecule is CCc1ccc(C(C)(N)Cc2ccc(F)cc2)cc1. The van der Waals surface area contributed by atoms with Gasteiger partial charge in [-0.05, 0) is 48.6 Å². The van der Waals surface area contributed by atoms with E-state index >= 15 is 0 Å². The summed E-state index contributed by atoms with van der Waals surface area (Å²) in [5.41, 5.74) is 9.43. The summed E-state index contributed by atoms with van der Waals surface area (Å²) in [5, 5.41) is 0. The minimum absolute atomic E-state index is 0.213. The fourth-order valence-electron chi connectivity index (χ4n) is 2.25. The Hall–Kier alpha value is -1.67. The van der Waals surface area contributed by atoms with E-state index in [-0.39, 0.29) is 5.82 Å². The Morgan fingerprint density at radius 1 is 0.947 bits per heavy atom. The first-order chi connectivity index (χ1) is 9.01. The first-order valence-corrected chi connectivity index (χ1v) is 6.64. The second-order valence-corrected chi connectivity index (χ2v) is 5.27. The molecule has 0 radical (unpaired) electrons. The number of halogens is 1. The van der Waals surface area contributed by atoms with Crippen molar-refractivity contribution in [2.24, 2.45) is 5.73 Å². The summed E-state index contributed by atoms with van der Waals surface area (Å²) in [6.07, 6.45) is 1.72. The van der Waals surface area contributed by atoms with E-state index in [9.17, 15) is 4.39 Å². The van der Waals surface area contributed by atoms with Crippen LogP contribution < -0.4 is 5.73 Å². The van der Waals surface area contributed by atoms with E-state index in [0.29, 0.717) is 6.42 Å². The molecule has 100 valence electrons. The predicted molar refractivity (Wildman–Crippen MR) is 77.5 cm³/mol. The van der Waals surface area contributed by atoms with Crippen LogP contribution in [0.25, 0.3) is 0 Å². The Morgan fingerprint density at radius 2 is 1.47 bits per heavy atom. The van der Waals surface area contributed by atoms with Gasteiger partial charge in [-0.1, -0.05) is 43.3 Å². The molecule has 0 saturated heterocycles. The topological polar surface area (TPSA) is 26.0 Å². The lowest BCUT2D eigenvalue weighted by molar-refractivity contribution is 0.490. The zero-order valence-corrected chi connectivity index (χ0v) is 11.5. The molecular formula is C17H20FN. The highest BCUT2D eigenvalue weighted by atomic mass is 19.1. The molecule has 0 aliphatic rings. The lowest BCUT2D eigenvalue weighted by Gasteiger charge is -2.25. The smallest absolute Gasteiger partial charge is 0.123 e. The largest absolute Gasteiger partial charge is 0.321 e. The average Bonchev–Trinajstić information content (AvgIpc) is 2.41. The van der Waals surface area contributed by atoms with Crippen LogP contribution in [0.3, 0.4) is 0 Å².